The summed E-state index contributed by atoms with van der Waals surface area (Å²) in [5.41, 5.74) is 0. The van der Waals surface area contributed by atoms with Gasteiger partial charge in [0.05, 0.1) is 17.9 Å². The molecule has 1 amide bonds. The summed E-state index contributed by atoms with van der Waals surface area (Å²) in [5.74, 6) is -0.136. The van der Waals surface area contributed by atoms with Crippen LogP contribution in [0.15, 0.2) is 17.8 Å². The Balaban J connectivity index is 1.60. The van der Waals surface area contributed by atoms with Gasteiger partial charge >= 0.3 is 5.97 Å². The standard InChI is InChI=1S/C18H22N4O4S/c1-26-12-7-11(8-15(23)24)22(9-12)18(25)14-3-2-5-21(14)16-13-4-6-27-17(13)20-10-19-16/h4,6,10-12,14H,2-3,5,7-9H2,1H3,(H,23,24). The number of carbonyl (C=O) groups excluding carboxylic acids is 1. The van der Waals surface area contributed by atoms with E-state index in [4.69, 9.17) is 4.74 Å². The van der Waals surface area contributed by atoms with Crippen molar-refractivity contribution < 1.29 is 19.4 Å². The molecule has 27 heavy (non-hydrogen) atoms. The number of anilines is 1. The van der Waals surface area contributed by atoms with E-state index in [0.717, 1.165) is 35.4 Å². The lowest BCUT2D eigenvalue weighted by Crippen LogP contribution is -2.48. The average Bonchev–Trinajstić information content (AvgIpc) is 3.39. The van der Waals surface area contributed by atoms with Crippen LogP contribution in [0.2, 0.25) is 0 Å². The monoisotopic (exact) mass is 390 g/mol. The van der Waals surface area contributed by atoms with E-state index in [0.29, 0.717) is 13.0 Å². The summed E-state index contributed by atoms with van der Waals surface area (Å²) >= 11 is 1.55. The smallest absolute Gasteiger partial charge is 0.305 e. The maximum absolute atomic E-state index is 13.4. The van der Waals surface area contributed by atoms with Crippen LogP contribution in [0.1, 0.15) is 25.7 Å². The lowest BCUT2D eigenvalue weighted by molar-refractivity contribution is -0.140. The summed E-state index contributed by atoms with van der Waals surface area (Å²) < 4.78 is 5.41. The zero-order valence-corrected chi connectivity index (χ0v) is 15.9. The van der Waals surface area contributed by atoms with Crippen LogP contribution in [-0.4, -0.2) is 70.2 Å². The molecule has 2 aromatic heterocycles. The number of amides is 1. The molecule has 0 aliphatic carbocycles. The van der Waals surface area contributed by atoms with Crippen molar-refractivity contribution in [1.29, 1.82) is 0 Å². The van der Waals surface area contributed by atoms with E-state index in [1.807, 2.05) is 11.4 Å². The second-order valence-electron chi connectivity index (χ2n) is 7.02. The van der Waals surface area contributed by atoms with E-state index in [1.54, 1.807) is 23.3 Å². The van der Waals surface area contributed by atoms with E-state index < -0.39 is 5.97 Å². The largest absolute Gasteiger partial charge is 0.481 e. The Labute approximate surface area is 160 Å². The van der Waals surface area contributed by atoms with E-state index in [-0.39, 0.29) is 30.5 Å². The first kappa shape index (κ1) is 18.1. The Morgan fingerprint density at radius 2 is 2.26 bits per heavy atom. The lowest BCUT2D eigenvalue weighted by atomic mass is 10.1. The van der Waals surface area contributed by atoms with Gasteiger partial charge in [0, 0.05) is 26.2 Å². The van der Waals surface area contributed by atoms with Crippen LogP contribution in [0.4, 0.5) is 5.82 Å². The second kappa shape index (κ2) is 7.40. The molecule has 2 aromatic rings. The topological polar surface area (TPSA) is 95.9 Å². The molecule has 2 aliphatic heterocycles. The molecule has 4 rings (SSSR count). The third-order valence-electron chi connectivity index (χ3n) is 5.45. The highest BCUT2D eigenvalue weighted by molar-refractivity contribution is 7.16. The molecular formula is C18H22N4O4S. The molecule has 0 bridgehead atoms. The Morgan fingerprint density at radius 1 is 1.41 bits per heavy atom. The maximum Gasteiger partial charge on any atom is 0.305 e. The molecule has 8 nitrogen and oxygen atoms in total. The number of aliphatic carboxylic acids is 1. The number of carbonyl (C=O) groups is 2. The summed E-state index contributed by atoms with van der Waals surface area (Å²) in [6.07, 6.45) is 3.57. The first-order valence-corrected chi connectivity index (χ1v) is 9.96. The van der Waals surface area contributed by atoms with Crippen LogP contribution in [0.3, 0.4) is 0 Å². The van der Waals surface area contributed by atoms with E-state index in [1.165, 1.54) is 6.33 Å². The number of fused-ring (bicyclic) bond motifs is 1. The zero-order chi connectivity index (χ0) is 19.0. The van der Waals surface area contributed by atoms with Crippen molar-refractivity contribution in [3.63, 3.8) is 0 Å². The number of rotatable bonds is 5. The van der Waals surface area contributed by atoms with Gasteiger partial charge in [0.25, 0.3) is 0 Å². The molecule has 0 spiro atoms. The van der Waals surface area contributed by atoms with Crippen LogP contribution in [0, 0.1) is 0 Å². The molecule has 1 N–H and O–H groups in total. The summed E-state index contributed by atoms with van der Waals surface area (Å²) in [5, 5.41) is 12.2. The number of carboxylic acids is 1. The van der Waals surface area contributed by atoms with Crippen molar-refractivity contribution in [2.45, 2.75) is 43.9 Å². The van der Waals surface area contributed by atoms with Gasteiger partial charge in [-0.05, 0) is 30.7 Å². The van der Waals surface area contributed by atoms with Crippen molar-refractivity contribution in [3.05, 3.63) is 17.8 Å². The minimum atomic E-state index is -0.895. The molecule has 4 heterocycles. The number of methoxy groups -OCH3 is 1. The molecule has 0 saturated carbocycles. The van der Waals surface area contributed by atoms with Gasteiger partial charge in [-0.15, -0.1) is 11.3 Å². The number of aromatic nitrogens is 2. The number of nitrogens with zero attached hydrogens (tertiary/aromatic N) is 4. The fraction of sp³-hybridized carbons (Fsp3) is 0.556. The molecule has 0 aromatic carbocycles. The fourth-order valence-corrected chi connectivity index (χ4v) is 4.91. The SMILES string of the molecule is COC1CC(CC(=O)O)N(C(=O)C2CCCN2c2ncnc3sccc23)C1. The van der Waals surface area contributed by atoms with Gasteiger partial charge in [-0.2, -0.15) is 0 Å². The van der Waals surface area contributed by atoms with Gasteiger partial charge in [0.2, 0.25) is 5.91 Å². The average molecular weight is 390 g/mol. The van der Waals surface area contributed by atoms with Crippen LogP contribution >= 0.6 is 11.3 Å². The molecule has 3 atom stereocenters. The van der Waals surface area contributed by atoms with Crippen LogP contribution in [0.5, 0.6) is 0 Å². The van der Waals surface area contributed by atoms with Crippen LogP contribution < -0.4 is 4.90 Å². The Morgan fingerprint density at radius 3 is 3.04 bits per heavy atom. The quantitative estimate of drug-likeness (QED) is 0.831. The highest BCUT2D eigenvalue weighted by Crippen LogP contribution is 2.34. The van der Waals surface area contributed by atoms with Crippen molar-refractivity contribution in [2.75, 3.05) is 25.1 Å². The molecule has 2 saturated heterocycles. The number of hydrogen-bond donors (Lipinski definition) is 1. The highest BCUT2D eigenvalue weighted by atomic mass is 32.1. The van der Waals surface area contributed by atoms with Gasteiger partial charge in [-0.1, -0.05) is 0 Å². The van der Waals surface area contributed by atoms with E-state index in [9.17, 15) is 14.7 Å². The van der Waals surface area contributed by atoms with Crippen LogP contribution in [0.25, 0.3) is 10.2 Å². The minimum Gasteiger partial charge on any atom is -0.481 e. The molecule has 9 heteroatoms. The van der Waals surface area contributed by atoms with Crippen molar-refractivity contribution >= 4 is 39.2 Å². The Bertz CT molecular complexity index is 857. The summed E-state index contributed by atoms with van der Waals surface area (Å²) in [4.78, 5) is 38.0. The van der Waals surface area contributed by atoms with Gasteiger partial charge in [-0.3, -0.25) is 9.59 Å². The third kappa shape index (κ3) is 3.37. The minimum absolute atomic E-state index is 0.0275. The van der Waals surface area contributed by atoms with Crippen molar-refractivity contribution in [1.82, 2.24) is 14.9 Å². The predicted octanol–water partition coefficient (Wildman–Crippen LogP) is 1.75. The van der Waals surface area contributed by atoms with Crippen molar-refractivity contribution in [3.8, 4) is 0 Å². The second-order valence-corrected chi connectivity index (χ2v) is 7.92. The summed E-state index contributed by atoms with van der Waals surface area (Å²) in [6, 6.07) is 1.34. The molecular weight excluding hydrogens is 368 g/mol. The Hall–Kier alpha value is -2.26. The number of carboxylic acid groups (broad SMARTS) is 1. The summed E-state index contributed by atoms with van der Waals surface area (Å²) in [7, 11) is 1.60. The Kier molecular flexibility index (Phi) is 4.96. The molecule has 144 valence electrons. The first-order valence-electron chi connectivity index (χ1n) is 9.08. The number of likely N-dealkylation sites (tertiary alicyclic amines) is 1. The number of ether oxygens (including phenoxy) is 1. The normalized spacial score (nSPS) is 25.4. The highest BCUT2D eigenvalue weighted by Gasteiger charge is 2.42. The van der Waals surface area contributed by atoms with E-state index >= 15 is 0 Å². The van der Waals surface area contributed by atoms with E-state index in [2.05, 4.69) is 14.9 Å². The van der Waals surface area contributed by atoms with Gasteiger partial charge in [-0.25, -0.2) is 9.97 Å². The first-order chi connectivity index (χ1) is 13.1. The van der Waals surface area contributed by atoms with Gasteiger partial charge in [0.15, 0.2) is 0 Å². The van der Waals surface area contributed by atoms with Gasteiger partial charge < -0.3 is 19.6 Å². The number of hydrogen-bond acceptors (Lipinski definition) is 7. The lowest BCUT2D eigenvalue weighted by Gasteiger charge is -2.31. The molecule has 3 unspecified atom stereocenters. The fourth-order valence-electron chi connectivity index (χ4n) is 4.18. The molecule has 2 aliphatic rings. The van der Waals surface area contributed by atoms with Crippen LogP contribution in [-0.2, 0) is 14.3 Å². The number of thiophene rings is 1. The van der Waals surface area contributed by atoms with Crippen molar-refractivity contribution in [2.24, 2.45) is 0 Å². The molecule has 2 fully saturated rings. The predicted molar refractivity (Wildman–Crippen MR) is 101 cm³/mol. The van der Waals surface area contributed by atoms with Gasteiger partial charge in [0.1, 0.15) is 23.0 Å². The molecule has 0 radical (unpaired) electrons. The summed E-state index contributed by atoms with van der Waals surface area (Å²) in [6.45, 7) is 1.19. The maximum atomic E-state index is 13.4. The zero-order valence-electron chi connectivity index (χ0n) is 15.1. The third-order valence-corrected chi connectivity index (χ3v) is 6.27.